The molecule has 0 saturated heterocycles. The second kappa shape index (κ2) is 12.2. The summed E-state index contributed by atoms with van der Waals surface area (Å²) in [5.41, 5.74) is 2.57. The molecule has 0 fully saturated rings. The molecule has 0 spiro atoms. The summed E-state index contributed by atoms with van der Waals surface area (Å²) < 4.78 is 28.8. The van der Waals surface area contributed by atoms with Gasteiger partial charge in [0, 0.05) is 17.1 Å². The molecule has 0 aliphatic carbocycles. The Balaban J connectivity index is 2.03. The number of carbonyl (C=O) groups is 2. The van der Waals surface area contributed by atoms with Crippen molar-refractivity contribution in [1.29, 1.82) is 0 Å². The van der Waals surface area contributed by atoms with Gasteiger partial charge in [-0.2, -0.15) is 0 Å². The van der Waals surface area contributed by atoms with Crippen LogP contribution in [0.4, 0.5) is 5.69 Å². The normalized spacial score (nSPS) is 12.5. The molecule has 1 atom stereocenters. The van der Waals surface area contributed by atoms with E-state index in [4.69, 9.17) is 11.6 Å². The fourth-order valence-corrected chi connectivity index (χ4v) is 5.52. The van der Waals surface area contributed by atoms with Crippen molar-refractivity contribution in [1.82, 2.24) is 10.2 Å². The number of halogens is 1. The highest BCUT2D eigenvalue weighted by Crippen LogP contribution is 2.26. The zero-order valence-electron chi connectivity index (χ0n) is 23.2. The molecular formula is C30H36ClN3O4S. The van der Waals surface area contributed by atoms with Gasteiger partial charge in [-0.25, -0.2) is 8.42 Å². The van der Waals surface area contributed by atoms with Crippen LogP contribution >= 0.6 is 11.6 Å². The van der Waals surface area contributed by atoms with Crippen LogP contribution in [0.2, 0.25) is 5.02 Å². The Morgan fingerprint density at radius 2 is 1.54 bits per heavy atom. The Morgan fingerprint density at radius 1 is 0.923 bits per heavy atom. The molecule has 2 amide bonds. The van der Waals surface area contributed by atoms with E-state index in [1.165, 1.54) is 29.2 Å². The van der Waals surface area contributed by atoms with Crippen molar-refractivity contribution >= 4 is 39.1 Å². The summed E-state index contributed by atoms with van der Waals surface area (Å²) in [5, 5.41) is 3.32. The molecule has 0 bridgehead atoms. The Labute approximate surface area is 236 Å². The van der Waals surface area contributed by atoms with Gasteiger partial charge >= 0.3 is 0 Å². The maximum Gasteiger partial charge on any atom is 0.264 e. The lowest BCUT2D eigenvalue weighted by molar-refractivity contribution is -0.140. The van der Waals surface area contributed by atoms with Crippen LogP contribution in [0.5, 0.6) is 0 Å². The third-order valence-electron chi connectivity index (χ3n) is 6.11. The van der Waals surface area contributed by atoms with Gasteiger partial charge in [0.15, 0.2) is 0 Å². The molecule has 0 aromatic heterocycles. The lowest BCUT2D eigenvalue weighted by Crippen LogP contribution is -2.54. The van der Waals surface area contributed by atoms with Gasteiger partial charge in [-0.1, -0.05) is 53.6 Å². The van der Waals surface area contributed by atoms with Gasteiger partial charge in [0.25, 0.3) is 10.0 Å². The quantitative estimate of drug-likeness (QED) is 0.369. The van der Waals surface area contributed by atoms with Crippen LogP contribution in [-0.2, 0) is 26.2 Å². The standard InChI is InChI=1S/C30H36ClN3O4S/c1-21-10-12-24(13-11-21)19-33(23(3)29(36)32-30(4,5)6)28(35)20-34(26-9-7-8-22(2)18-26)39(37,38)27-16-14-25(31)15-17-27/h7-18,23H,19-20H2,1-6H3,(H,32,36)/t23-/m0/s1. The van der Waals surface area contributed by atoms with E-state index in [9.17, 15) is 18.0 Å². The molecule has 3 aromatic rings. The number of nitrogens with zero attached hydrogens (tertiary/aromatic N) is 2. The molecule has 1 N–H and O–H groups in total. The number of benzene rings is 3. The fraction of sp³-hybridized carbons (Fsp3) is 0.333. The highest BCUT2D eigenvalue weighted by molar-refractivity contribution is 7.92. The number of carbonyl (C=O) groups excluding carboxylic acids is 2. The van der Waals surface area contributed by atoms with Crippen molar-refractivity contribution in [3.8, 4) is 0 Å². The molecule has 0 heterocycles. The van der Waals surface area contributed by atoms with E-state index in [1.54, 1.807) is 25.1 Å². The molecule has 0 aliphatic heterocycles. The summed E-state index contributed by atoms with van der Waals surface area (Å²) in [6.45, 7) is 10.7. The van der Waals surface area contributed by atoms with Crippen molar-refractivity contribution in [3.63, 3.8) is 0 Å². The smallest absolute Gasteiger partial charge is 0.264 e. The first-order valence-electron chi connectivity index (χ1n) is 12.7. The number of aryl methyl sites for hydroxylation is 2. The minimum Gasteiger partial charge on any atom is -0.350 e. The second-order valence-electron chi connectivity index (χ2n) is 10.7. The summed E-state index contributed by atoms with van der Waals surface area (Å²) >= 11 is 5.99. The molecule has 208 valence electrons. The lowest BCUT2D eigenvalue weighted by atomic mass is 10.1. The molecule has 7 nitrogen and oxygen atoms in total. The van der Waals surface area contributed by atoms with Gasteiger partial charge < -0.3 is 10.2 Å². The summed E-state index contributed by atoms with van der Waals surface area (Å²) in [5.74, 6) is -0.836. The minimum atomic E-state index is -4.14. The van der Waals surface area contributed by atoms with Crippen LogP contribution < -0.4 is 9.62 Å². The lowest BCUT2D eigenvalue weighted by Gasteiger charge is -2.33. The van der Waals surface area contributed by atoms with Gasteiger partial charge in [-0.05, 0) is 89.1 Å². The van der Waals surface area contributed by atoms with Gasteiger partial charge in [-0.3, -0.25) is 13.9 Å². The molecular weight excluding hydrogens is 534 g/mol. The third kappa shape index (κ3) is 8.07. The maximum absolute atomic E-state index is 13.9. The Kier molecular flexibility index (Phi) is 9.46. The highest BCUT2D eigenvalue weighted by Gasteiger charge is 2.33. The van der Waals surface area contributed by atoms with Gasteiger partial charge in [0.2, 0.25) is 11.8 Å². The molecule has 3 rings (SSSR count). The maximum atomic E-state index is 13.9. The van der Waals surface area contributed by atoms with Crippen LogP contribution in [0.15, 0.2) is 77.7 Å². The highest BCUT2D eigenvalue weighted by atomic mass is 35.5. The molecule has 9 heteroatoms. The monoisotopic (exact) mass is 569 g/mol. The van der Waals surface area contributed by atoms with Crippen molar-refractivity contribution in [2.45, 2.75) is 64.6 Å². The number of anilines is 1. The van der Waals surface area contributed by atoms with Crippen molar-refractivity contribution < 1.29 is 18.0 Å². The number of amides is 2. The number of rotatable bonds is 9. The van der Waals surface area contributed by atoms with Gasteiger partial charge in [0.05, 0.1) is 10.6 Å². The summed E-state index contributed by atoms with van der Waals surface area (Å²) in [6, 6.07) is 19.6. The van der Waals surface area contributed by atoms with Crippen LogP contribution in [0, 0.1) is 13.8 Å². The Morgan fingerprint density at radius 3 is 2.10 bits per heavy atom. The average molecular weight is 570 g/mol. The third-order valence-corrected chi connectivity index (χ3v) is 8.15. The van der Waals surface area contributed by atoms with E-state index in [-0.39, 0.29) is 17.3 Å². The Hall–Kier alpha value is -3.36. The Bertz CT molecular complexity index is 1420. The summed E-state index contributed by atoms with van der Waals surface area (Å²) in [6.07, 6.45) is 0. The first kappa shape index (κ1) is 30.2. The van der Waals surface area contributed by atoms with Crippen molar-refractivity contribution in [3.05, 3.63) is 94.5 Å². The minimum absolute atomic E-state index is 0.00446. The van der Waals surface area contributed by atoms with Crippen LogP contribution in [-0.4, -0.2) is 43.3 Å². The van der Waals surface area contributed by atoms with E-state index in [2.05, 4.69) is 5.32 Å². The molecule has 0 aliphatic rings. The zero-order valence-corrected chi connectivity index (χ0v) is 24.8. The SMILES string of the molecule is Cc1ccc(CN(C(=O)CN(c2cccc(C)c2)S(=O)(=O)c2ccc(Cl)cc2)[C@@H](C)C(=O)NC(C)(C)C)cc1. The van der Waals surface area contributed by atoms with Crippen LogP contribution in [0.3, 0.4) is 0 Å². The largest absolute Gasteiger partial charge is 0.350 e. The topological polar surface area (TPSA) is 86.8 Å². The van der Waals surface area contributed by atoms with Gasteiger partial charge in [-0.15, -0.1) is 0 Å². The second-order valence-corrected chi connectivity index (χ2v) is 13.0. The van der Waals surface area contributed by atoms with E-state index in [0.717, 1.165) is 21.0 Å². The first-order chi connectivity index (χ1) is 18.2. The summed E-state index contributed by atoms with van der Waals surface area (Å²) in [7, 11) is -4.14. The molecule has 0 saturated carbocycles. The number of hydrogen-bond donors (Lipinski definition) is 1. The molecule has 0 radical (unpaired) electrons. The van der Waals surface area contributed by atoms with E-state index >= 15 is 0 Å². The number of hydrogen-bond acceptors (Lipinski definition) is 4. The van der Waals surface area contributed by atoms with Crippen LogP contribution in [0.25, 0.3) is 0 Å². The fourth-order valence-electron chi connectivity index (χ4n) is 3.99. The average Bonchev–Trinajstić information content (AvgIpc) is 2.85. The number of sulfonamides is 1. The molecule has 0 unspecified atom stereocenters. The van der Waals surface area contributed by atoms with E-state index in [0.29, 0.717) is 10.7 Å². The molecule has 3 aromatic carbocycles. The van der Waals surface area contributed by atoms with Crippen LogP contribution in [0.1, 0.15) is 44.4 Å². The zero-order chi connectivity index (χ0) is 29.0. The predicted octanol–water partition coefficient (Wildman–Crippen LogP) is 5.48. The number of nitrogens with one attached hydrogen (secondary N) is 1. The van der Waals surface area contributed by atoms with Crippen molar-refractivity contribution in [2.24, 2.45) is 0 Å². The van der Waals surface area contributed by atoms with E-state index < -0.39 is 34.1 Å². The molecule has 39 heavy (non-hydrogen) atoms. The predicted molar refractivity (Wildman–Crippen MR) is 156 cm³/mol. The van der Waals surface area contributed by atoms with Gasteiger partial charge in [0.1, 0.15) is 12.6 Å². The van der Waals surface area contributed by atoms with E-state index in [1.807, 2.05) is 65.0 Å². The van der Waals surface area contributed by atoms with Crippen molar-refractivity contribution in [2.75, 3.05) is 10.8 Å². The first-order valence-corrected chi connectivity index (χ1v) is 14.5. The summed E-state index contributed by atoms with van der Waals surface area (Å²) in [4.78, 5) is 28.5.